The second kappa shape index (κ2) is 3.24. The van der Waals surface area contributed by atoms with Crippen molar-refractivity contribution in [1.29, 1.82) is 0 Å². The van der Waals surface area contributed by atoms with Gasteiger partial charge in [-0.15, -0.1) is 11.6 Å². The first-order valence-electron chi connectivity index (χ1n) is 2.20. The fraction of sp³-hybridized carbons (Fsp3) is 1.00. The summed E-state index contributed by atoms with van der Waals surface area (Å²) in [4.78, 5) is 0. The minimum Gasteiger partial charge on any atom is -0.390 e. The smallest absolute Gasteiger partial charge is 0.0822 e. The first-order chi connectivity index (χ1) is 3.18. The highest BCUT2D eigenvalue weighted by molar-refractivity contribution is 6.20. The third-order valence-corrected chi connectivity index (χ3v) is 1.06. The van der Waals surface area contributed by atoms with Crippen LogP contribution >= 0.6 is 11.6 Å². The summed E-state index contributed by atoms with van der Waals surface area (Å²) >= 11 is 5.40. The van der Waals surface area contributed by atoms with Crippen molar-refractivity contribution in [3.8, 4) is 0 Å². The van der Waals surface area contributed by atoms with E-state index in [0.717, 1.165) is 0 Å². The molecule has 2 atom stereocenters. The number of alkyl halides is 1. The topological polar surface area (TPSA) is 46.2 Å². The predicted octanol–water partition coefficient (Wildman–Crippen LogP) is -0.0667. The van der Waals surface area contributed by atoms with Crippen LogP contribution in [0, 0.1) is 0 Å². The average molecular weight is 124 g/mol. The van der Waals surface area contributed by atoms with Gasteiger partial charge in [0.1, 0.15) is 0 Å². The van der Waals surface area contributed by atoms with E-state index < -0.39 is 6.10 Å². The monoisotopic (exact) mass is 123 g/mol. The number of aliphatic hydroxyl groups is 1. The number of halogens is 1. The number of hydrogen-bond acceptors (Lipinski definition) is 2. The number of nitrogens with two attached hydrogens (primary N) is 1. The normalized spacial score (nSPS) is 18.9. The van der Waals surface area contributed by atoms with Gasteiger partial charge in [0.25, 0.3) is 0 Å². The van der Waals surface area contributed by atoms with E-state index in [1.807, 2.05) is 0 Å². The Balaban J connectivity index is 3.14. The lowest BCUT2D eigenvalue weighted by Gasteiger charge is -2.07. The minimum absolute atomic E-state index is 0.231. The van der Waals surface area contributed by atoms with E-state index in [9.17, 15) is 0 Å². The molecule has 7 heavy (non-hydrogen) atoms. The summed E-state index contributed by atoms with van der Waals surface area (Å²) in [6.45, 7) is 1.95. The molecule has 0 aliphatic heterocycles. The summed E-state index contributed by atoms with van der Waals surface area (Å²) in [5.74, 6) is 0. The van der Waals surface area contributed by atoms with Gasteiger partial charge in [0.2, 0.25) is 0 Å². The van der Waals surface area contributed by atoms with Gasteiger partial charge in [0.05, 0.1) is 11.5 Å². The molecular weight excluding hydrogens is 114 g/mol. The van der Waals surface area contributed by atoms with Crippen LogP contribution in [0.15, 0.2) is 0 Å². The summed E-state index contributed by atoms with van der Waals surface area (Å²) in [7, 11) is 0. The molecule has 0 amide bonds. The molecule has 3 N–H and O–H groups in total. The Morgan fingerprint density at radius 1 is 1.86 bits per heavy atom. The molecule has 2 nitrogen and oxygen atoms in total. The van der Waals surface area contributed by atoms with E-state index in [1.54, 1.807) is 6.92 Å². The lowest BCUT2D eigenvalue weighted by atomic mass is 10.3. The van der Waals surface area contributed by atoms with Crippen LogP contribution < -0.4 is 5.73 Å². The van der Waals surface area contributed by atoms with Crippen LogP contribution in [0.1, 0.15) is 6.92 Å². The van der Waals surface area contributed by atoms with Crippen molar-refractivity contribution in [2.75, 3.05) is 6.54 Å². The number of hydrogen-bond donors (Lipinski definition) is 2. The molecule has 0 fully saturated rings. The first kappa shape index (κ1) is 7.21. The second-order valence-electron chi connectivity index (χ2n) is 1.48. The molecule has 0 rings (SSSR count). The summed E-state index contributed by atoms with van der Waals surface area (Å²) in [6, 6.07) is 0. The summed E-state index contributed by atoms with van der Waals surface area (Å²) in [5.41, 5.74) is 5.04. The molecule has 0 bridgehead atoms. The van der Waals surface area contributed by atoms with E-state index in [2.05, 4.69) is 0 Å². The highest BCUT2D eigenvalue weighted by atomic mass is 35.5. The highest BCUT2D eigenvalue weighted by Gasteiger charge is 2.06. The zero-order valence-electron chi connectivity index (χ0n) is 4.26. The van der Waals surface area contributed by atoms with Crippen LogP contribution in [0.25, 0.3) is 0 Å². The van der Waals surface area contributed by atoms with Crippen LogP contribution in [0.5, 0.6) is 0 Å². The Hall–Kier alpha value is 0.210. The fourth-order valence-corrected chi connectivity index (χ4v) is 0.290. The van der Waals surface area contributed by atoms with Crippen LogP contribution in [0.2, 0.25) is 0 Å². The summed E-state index contributed by atoms with van der Waals surface area (Å²) in [6.07, 6.45) is -0.554. The van der Waals surface area contributed by atoms with Gasteiger partial charge in [-0.05, 0) is 6.92 Å². The Labute approximate surface area is 48.3 Å². The molecule has 0 aromatic rings. The molecule has 3 heteroatoms. The maximum Gasteiger partial charge on any atom is 0.0822 e. The molecule has 0 aliphatic carbocycles. The Kier molecular flexibility index (Phi) is 3.34. The van der Waals surface area contributed by atoms with Crippen molar-refractivity contribution >= 4 is 11.6 Å². The maximum absolute atomic E-state index is 8.68. The lowest BCUT2D eigenvalue weighted by Crippen LogP contribution is -2.27. The quantitative estimate of drug-likeness (QED) is 0.505. The van der Waals surface area contributed by atoms with Gasteiger partial charge in [0.15, 0.2) is 0 Å². The van der Waals surface area contributed by atoms with Crippen molar-refractivity contribution in [2.45, 2.75) is 18.4 Å². The standard InChI is InChI=1S/C4H10ClNO/c1-3(5)4(7)2-6/h3-4,7H,2,6H2,1H3. The van der Waals surface area contributed by atoms with Crippen molar-refractivity contribution < 1.29 is 5.11 Å². The van der Waals surface area contributed by atoms with Gasteiger partial charge < -0.3 is 10.8 Å². The van der Waals surface area contributed by atoms with E-state index >= 15 is 0 Å². The third kappa shape index (κ3) is 2.85. The Bertz CT molecular complexity index is 49.0. The molecule has 0 aliphatic rings. The van der Waals surface area contributed by atoms with E-state index in [1.165, 1.54) is 0 Å². The molecule has 0 saturated heterocycles. The summed E-state index contributed by atoms with van der Waals surface area (Å²) < 4.78 is 0. The van der Waals surface area contributed by atoms with E-state index in [0.29, 0.717) is 0 Å². The molecular formula is C4H10ClNO. The third-order valence-electron chi connectivity index (χ3n) is 0.772. The maximum atomic E-state index is 8.68. The van der Waals surface area contributed by atoms with Crippen molar-refractivity contribution in [2.24, 2.45) is 5.73 Å². The van der Waals surface area contributed by atoms with Gasteiger partial charge >= 0.3 is 0 Å². The van der Waals surface area contributed by atoms with Crippen molar-refractivity contribution in [3.63, 3.8) is 0 Å². The molecule has 44 valence electrons. The van der Waals surface area contributed by atoms with Gasteiger partial charge in [0, 0.05) is 6.54 Å². The van der Waals surface area contributed by atoms with Crippen LogP contribution in [-0.2, 0) is 0 Å². The Morgan fingerprint density at radius 3 is 2.29 bits per heavy atom. The van der Waals surface area contributed by atoms with Gasteiger partial charge in [-0.1, -0.05) is 0 Å². The van der Waals surface area contributed by atoms with E-state index in [4.69, 9.17) is 22.4 Å². The predicted molar refractivity (Wildman–Crippen MR) is 30.4 cm³/mol. The molecule has 0 aromatic carbocycles. The molecule has 2 unspecified atom stereocenters. The van der Waals surface area contributed by atoms with Crippen LogP contribution in [-0.4, -0.2) is 23.1 Å². The molecule has 0 saturated carbocycles. The fourth-order valence-electron chi connectivity index (χ4n) is 0.188. The van der Waals surface area contributed by atoms with E-state index in [-0.39, 0.29) is 11.9 Å². The number of aliphatic hydroxyl groups excluding tert-OH is 1. The highest BCUT2D eigenvalue weighted by Crippen LogP contribution is 1.97. The minimum atomic E-state index is -0.554. The largest absolute Gasteiger partial charge is 0.390 e. The molecule has 0 heterocycles. The second-order valence-corrected chi connectivity index (χ2v) is 2.17. The summed E-state index contributed by atoms with van der Waals surface area (Å²) in [5, 5.41) is 8.45. The first-order valence-corrected chi connectivity index (χ1v) is 2.64. The van der Waals surface area contributed by atoms with Crippen LogP contribution in [0.4, 0.5) is 0 Å². The molecule has 0 spiro atoms. The molecule has 0 radical (unpaired) electrons. The zero-order valence-corrected chi connectivity index (χ0v) is 5.02. The van der Waals surface area contributed by atoms with Gasteiger partial charge in [-0.2, -0.15) is 0 Å². The van der Waals surface area contributed by atoms with Crippen molar-refractivity contribution in [1.82, 2.24) is 0 Å². The Morgan fingerprint density at radius 2 is 2.29 bits per heavy atom. The average Bonchev–Trinajstić information content (AvgIpc) is 1.65. The zero-order chi connectivity index (χ0) is 5.86. The van der Waals surface area contributed by atoms with Gasteiger partial charge in [-0.25, -0.2) is 0 Å². The van der Waals surface area contributed by atoms with Crippen LogP contribution in [0.3, 0.4) is 0 Å². The lowest BCUT2D eigenvalue weighted by molar-refractivity contribution is 0.182. The van der Waals surface area contributed by atoms with Crippen molar-refractivity contribution in [3.05, 3.63) is 0 Å². The number of rotatable bonds is 2. The SMILES string of the molecule is CC(Cl)C(O)CN. The molecule has 0 aromatic heterocycles. The van der Waals surface area contributed by atoms with Gasteiger partial charge in [-0.3, -0.25) is 0 Å².